The fourth-order valence-electron chi connectivity index (χ4n) is 4.21. The molecule has 0 heterocycles. The van der Waals surface area contributed by atoms with Gasteiger partial charge in [0.2, 0.25) is 0 Å². The molecule has 3 aliphatic rings. The van der Waals surface area contributed by atoms with Crippen LogP contribution >= 0.6 is 0 Å². The van der Waals surface area contributed by atoms with Crippen LogP contribution in [0, 0.1) is 34.0 Å². The van der Waals surface area contributed by atoms with Crippen LogP contribution in [0.15, 0.2) is 0 Å². The average molecular weight is 337 g/mol. The molecule has 3 fully saturated rings. The van der Waals surface area contributed by atoms with Gasteiger partial charge in [-0.25, -0.2) is 0 Å². The molecule has 144 valence electrons. The largest absolute Gasteiger partial charge is 0.0628 e. The lowest BCUT2D eigenvalue weighted by atomic mass is 9.97. The molecule has 24 heavy (non-hydrogen) atoms. The summed E-state index contributed by atoms with van der Waals surface area (Å²) >= 11 is 0. The van der Waals surface area contributed by atoms with Gasteiger partial charge in [-0.15, -0.1) is 0 Å². The maximum atomic E-state index is 2.40. The molecule has 0 saturated heterocycles. The second-order valence-corrected chi connectivity index (χ2v) is 11.7. The minimum atomic E-state index is 0.772. The molecule has 3 saturated carbocycles. The lowest BCUT2D eigenvalue weighted by Gasteiger charge is -2.09. The normalized spacial score (nSPS) is 24.0. The highest BCUT2D eigenvalue weighted by atomic mass is 14.4. The van der Waals surface area contributed by atoms with Gasteiger partial charge in [0.15, 0.2) is 0 Å². The van der Waals surface area contributed by atoms with Crippen LogP contribution in [0.25, 0.3) is 0 Å². The van der Waals surface area contributed by atoms with Gasteiger partial charge >= 0.3 is 0 Å². The molecule has 0 aromatic rings. The predicted molar refractivity (Wildman–Crippen MR) is 110 cm³/mol. The second-order valence-electron chi connectivity index (χ2n) is 11.7. The quantitative estimate of drug-likeness (QED) is 0.456. The fraction of sp³-hybridized carbons (Fsp3) is 1.00. The Kier molecular flexibility index (Phi) is 7.89. The lowest BCUT2D eigenvalue weighted by Crippen LogP contribution is -1.98. The first-order chi connectivity index (χ1) is 10.9. The molecule has 3 rings (SSSR count). The van der Waals surface area contributed by atoms with Crippen molar-refractivity contribution in [3.63, 3.8) is 0 Å². The van der Waals surface area contributed by atoms with Crippen LogP contribution in [0.5, 0.6) is 0 Å². The molecule has 0 unspecified atom stereocenters. The molecule has 0 bridgehead atoms. The molecule has 0 spiro atoms. The van der Waals surface area contributed by atoms with Gasteiger partial charge in [0.1, 0.15) is 0 Å². The molecular weight excluding hydrogens is 288 g/mol. The molecule has 0 aromatic carbocycles. The van der Waals surface area contributed by atoms with Gasteiger partial charge in [-0.1, -0.05) is 62.3 Å². The first kappa shape index (κ1) is 22.0. The molecule has 0 heteroatoms. The minimum Gasteiger partial charge on any atom is -0.0628 e. The zero-order valence-electron chi connectivity index (χ0n) is 18.6. The summed E-state index contributed by atoms with van der Waals surface area (Å²) in [5.41, 5.74) is 2.32. The minimum absolute atomic E-state index is 0.772. The van der Waals surface area contributed by atoms with Crippen molar-refractivity contribution in [3.05, 3.63) is 0 Å². The van der Waals surface area contributed by atoms with Crippen LogP contribution in [0.2, 0.25) is 0 Å². The standard InChI is InChI=1S/3C8H16/c3*1-7(2)6-8(3)4-5-8/h3*7H,4-6H2,1-3H3. The van der Waals surface area contributed by atoms with Gasteiger partial charge in [-0.05, 0) is 91.8 Å². The van der Waals surface area contributed by atoms with E-state index in [0.717, 1.165) is 34.0 Å². The summed E-state index contributed by atoms with van der Waals surface area (Å²) in [7, 11) is 0. The van der Waals surface area contributed by atoms with Crippen LogP contribution in [-0.2, 0) is 0 Å². The molecular formula is C24H48. The van der Waals surface area contributed by atoms with E-state index in [0.29, 0.717) is 0 Å². The van der Waals surface area contributed by atoms with Gasteiger partial charge in [-0.3, -0.25) is 0 Å². The van der Waals surface area contributed by atoms with E-state index in [4.69, 9.17) is 0 Å². The second kappa shape index (κ2) is 8.59. The van der Waals surface area contributed by atoms with Crippen molar-refractivity contribution >= 4 is 0 Å². The van der Waals surface area contributed by atoms with Crippen molar-refractivity contribution in [1.82, 2.24) is 0 Å². The molecule has 0 N–H and O–H groups in total. The van der Waals surface area contributed by atoms with Crippen LogP contribution in [0.1, 0.15) is 120 Å². The van der Waals surface area contributed by atoms with Crippen LogP contribution in [0.3, 0.4) is 0 Å². The highest BCUT2D eigenvalue weighted by Crippen LogP contribution is 2.50. The van der Waals surface area contributed by atoms with Crippen molar-refractivity contribution in [2.24, 2.45) is 34.0 Å². The zero-order valence-corrected chi connectivity index (χ0v) is 18.6. The summed E-state index contributed by atoms with van der Waals surface area (Å²) in [6.07, 6.45) is 13.2. The Labute approximate surface area is 154 Å². The molecule has 0 aromatic heterocycles. The van der Waals surface area contributed by atoms with Crippen molar-refractivity contribution in [2.45, 2.75) is 120 Å². The summed E-state index contributed by atoms with van der Waals surface area (Å²) in [5, 5.41) is 0. The van der Waals surface area contributed by atoms with E-state index in [1.165, 1.54) is 57.8 Å². The Morgan fingerprint density at radius 3 is 0.667 bits per heavy atom. The molecule has 3 aliphatic carbocycles. The van der Waals surface area contributed by atoms with E-state index < -0.39 is 0 Å². The Balaban J connectivity index is 0.000000180. The third-order valence-electron chi connectivity index (χ3n) is 6.01. The van der Waals surface area contributed by atoms with Gasteiger partial charge in [-0.2, -0.15) is 0 Å². The summed E-state index contributed by atoms with van der Waals surface area (Å²) in [4.78, 5) is 0. The summed E-state index contributed by atoms with van der Waals surface area (Å²) in [5.74, 6) is 2.72. The van der Waals surface area contributed by atoms with E-state index in [-0.39, 0.29) is 0 Å². The van der Waals surface area contributed by atoms with Crippen LogP contribution in [0.4, 0.5) is 0 Å². The van der Waals surface area contributed by atoms with E-state index in [2.05, 4.69) is 62.3 Å². The van der Waals surface area contributed by atoms with Crippen LogP contribution < -0.4 is 0 Å². The van der Waals surface area contributed by atoms with Crippen molar-refractivity contribution in [1.29, 1.82) is 0 Å². The average Bonchev–Trinajstić information content (AvgIpc) is 3.29. The summed E-state index contributed by atoms with van der Waals surface area (Å²) in [6.45, 7) is 21.0. The van der Waals surface area contributed by atoms with Gasteiger partial charge in [0, 0.05) is 0 Å². The fourth-order valence-corrected chi connectivity index (χ4v) is 4.21. The number of hydrogen-bond acceptors (Lipinski definition) is 0. The first-order valence-corrected chi connectivity index (χ1v) is 10.9. The van der Waals surface area contributed by atoms with Gasteiger partial charge < -0.3 is 0 Å². The Hall–Kier alpha value is 0. The molecule has 0 atom stereocenters. The molecule has 0 amide bonds. The van der Waals surface area contributed by atoms with Crippen molar-refractivity contribution in [2.75, 3.05) is 0 Å². The van der Waals surface area contributed by atoms with E-state index >= 15 is 0 Å². The molecule has 0 radical (unpaired) electrons. The van der Waals surface area contributed by atoms with E-state index in [9.17, 15) is 0 Å². The number of rotatable bonds is 6. The Morgan fingerprint density at radius 2 is 0.625 bits per heavy atom. The molecule has 0 aliphatic heterocycles. The number of hydrogen-bond donors (Lipinski definition) is 0. The first-order valence-electron chi connectivity index (χ1n) is 10.9. The summed E-state index contributed by atoms with van der Waals surface area (Å²) in [6, 6.07) is 0. The van der Waals surface area contributed by atoms with Gasteiger partial charge in [0.05, 0.1) is 0 Å². The molecule has 0 nitrogen and oxygen atoms in total. The predicted octanol–water partition coefficient (Wildman–Crippen LogP) is 8.50. The SMILES string of the molecule is CC(C)CC1(C)CC1.CC(C)CC1(C)CC1.CC(C)CC1(C)CC1. The van der Waals surface area contributed by atoms with Gasteiger partial charge in [0.25, 0.3) is 0 Å². The smallest absolute Gasteiger partial charge is 0.0323 e. The van der Waals surface area contributed by atoms with E-state index in [1.54, 1.807) is 0 Å². The third kappa shape index (κ3) is 10.8. The summed E-state index contributed by atoms with van der Waals surface area (Å²) < 4.78 is 0. The highest BCUT2D eigenvalue weighted by molar-refractivity contribution is 4.89. The topological polar surface area (TPSA) is 0 Å². The third-order valence-corrected chi connectivity index (χ3v) is 6.01. The maximum Gasteiger partial charge on any atom is -0.0323 e. The maximum absolute atomic E-state index is 2.40. The zero-order chi connectivity index (χ0) is 18.6. The van der Waals surface area contributed by atoms with Crippen molar-refractivity contribution in [3.8, 4) is 0 Å². The Morgan fingerprint density at radius 1 is 0.458 bits per heavy atom. The Bertz CT molecular complexity index is 291. The van der Waals surface area contributed by atoms with Crippen molar-refractivity contribution < 1.29 is 0 Å². The lowest BCUT2D eigenvalue weighted by molar-refractivity contribution is 0.422. The van der Waals surface area contributed by atoms with E-state index in [1.807, 2.05) is 0 Å². The van der Waals surface area contributed by atoms with Crippen LogP contribution in [-0.4, -0.2) is 0 Å². The highest BCUT2D eigenvalue weighted by Gasteiger charge is 2.38. The monoisotopic (exact) mass is 336 g/mol.